The predicted molar refractivity (Wildman–Crippen MR) is 111 cm³/mol. The summed E-state index contributed by atoms with van der Waals surface area (Å²) in [5.41, 5.74) is 8.75. The minimum Gasteiger partial charge on any atom is -0.478 e. The summed E-state index contributed by atoms with van der Waals surface area (Å²) in [7, 11) is 0. The van der Waals surface area contributed by atoms with Gasteiger partial charge < -0.3 is 15.2 Å². The first-order chi connectivity index (χ1) is 13.8. The summed E-state index contributed by atoms with van der Waals surface area (Å²) in [5.74, 6) is 0.437. The van der Waals surface area contributed by atoms with Gasteiger partial charge >= 0.3 is 6.09 Å². The van der Waals surface area contributed by atoms with Gasteiger partial charge in [0.15, 0.2) is 5.78 Å². The van der Waals surface area contributed by atoms with Crippen molar-refractivity contribution in [2.45, 2.75) is 33.8 Å². The molecule has 0 fully saturated rings. The molecule has 0 aliphatic rings. The maximum atomic E-state index is 13.4. The van der Waals surface area contributed by atoms with E-state index in [1.807, 2.05) is 45.0 Å². The van der Waals surface area contributed by atoms with E-state index in [4.69, 9.17) is 15.2 Å². The predicted octanol–water partition coefficient (Wildman–Crippen LogP) is 4.64. The Morgan fingerprint density at radius 2 is 1.86 bits per heavy atom. The van der Waals surface area contributed by atoms with Gasteiger partial charge in [0.25, 0.3) is 0 Å². The van der Waals surface area contributed by atoms with Crippen molar-refractivity contribution < 1.29 is 19.1 Å². The summed E-state index contributed by atoms with van der Waals surface area (Å²) in [6.07, 6.45) is 0.401. The zero-order valence-corrected chi connectivity index (χ0v) is 17.0. The monoisotopic (exact) mass is 392 g/mol. The number of hydrogen-bond donors (Lipinski definition) is 1. The Kier molecular flexibility index (Phi) is 5.82. The largest absolute Gasteiger partial charge is 0.478 e. The van der Waals surface area contributed by atoms with E-state index in [1.165, 1.54) is 0 Å². The zero-order chi connectivity index (χ0) is 21.1. The Labute approximate surface area is 169 Å². The van der Waals surface area contributed by atoms with E-state index < -0.39 is 12.2 Å². The Morgan fingerprint density at radius 1 is 1.10 bits per heavy atom. The molecule has 0 saturated carbocycles. The van der Waals surface area contributed by atoms with E-state index in [0.717, 1.165) is 27.5 Å². The van der Waals surface area contributed by atoms with Gasteiger partial charge in [0, 0.05) is 28.1 Å². The summed E-state index contributed by atoms with van der Waals surface area (Å²) in [6, 6.07) is 10.9. The third-order valence-corrected chi connectivity index (χ3v) is 4.85. The lowest BCUT2D eigenvalue weighted by molar-refractivity contribution is 0.103. The van der Waals surface area contributed by atoms with Crippen LogP contribution in [0.25, 0.3) is 10.8 Å². The number of fused-ring (bicyclic) bond motifs is 1. The van der Waals surface area contributed by atoms with Gasteiger partial charge in [-0.3, -0.25) is 4.79 Å². The van der Waals surface area contributed by atoms with E-state index in [-0.39, 0.29) is 5.78 Å². The number of benzene rings is 2. The highest BCUT2D eigenvalue weighted by atomic mass is 16.6. The van der Waals surface area contributed by atoms with E-state index in [2.05, 4.69) is 4.98 Å². The summed E-state index contributed by atoms with van der Waals surface area (Å²) < 4.78 is 10.7. The second kappa shape index (κ2) is 8.31. The Balaban J connectivity index is 2.06. The van der Waals surface area contributed by atoms with Gasteiger partial charge in [-0.05, 0) is 50.5 Å². The molecule has 6 nitrogen and oxygen atoms in total. The highest BCUT2D eigenvalue weighted by molar-refractivity contribution is 6.18. The fourth-order valence-corrected chi connectivity index (χ4v) is 3.47. The van der Waals surface area contributed by atoms with Gasteiger partial charge in [0.2, 0.25) is 5.88 Å². The Bertz CT molecular complexity index is 1090. The molecular weight excluding hydrogens is 368 g/mol. The number of pyridine rings is 1. The van der Waals surface area contributed by atoms with Crippen molar-refractivity contribution in [2.75, 3.05) is 6.61 Å². The number of carbonyl (C=O) groups is 2. The number of amides is 1. The summed E-state index contributed by atoms with van der Waals surface area (Å²) >= 11 is 0. The summed E-state index contributed by atoms with van der Waals surface area (Å²) in [4.78, 5) is 28.7. The number of nitrogens with two attached hydrogens (primary N) is 1. The van der Waals surface area contributed by atoms with Crippen LogP contribution in [0.4, 0.5) is 4.79 Å². The normalized spacial score (nSPS) is 11.9. The number of nitrogens with zero attached hydrogens (tertiary/aromatic N) is 1. The number of ketones is 1. The van der Waals surface area contributed by atoms with Gasteiger partial charge in [-0.15, -0.1) is 0 Å². The van der Waals surface area contributed by atoms with Crippen molar-refractivity contribution >= 4 is 22.6 Å². The first-order valence-electron chi connectivity index (χ1n) is 9.46. The molecule has 0 unspecified atom stereocenters. The number of aromatic nitrogens is 1. The number of rotatable bonds is 6. The quantitative estimate of drug-likeness (QED) is 0.617. The molecule has 2 N–H and O–H groups in total. The van der Waals surface area contributed by atoms with Crippen molar-refractivity contribution in [3.05, 3.63) is 70.4 Å². The van der Waals surface area contributed by atoms with E-state index in [9.17, 15) is 9.59 Å². The number of ether oxygens (including phenoxy) is 2. The third-order valence-electron chi connectivity index (χ3n) is 4.85. The van der Waals surface area contributed by atoms with Gasteiger partial charge in [-0.25, -0.2) is 9.78 Å². The molecule has 1 amide bonds. The standard InChI is InChI=1S/C23H24N2O4/c1-5-28-22-19-8-6-7-18(20(19)14(3)12-25-22)21(26)17-10-9-16(11-13(17)2)15(4)29-23(24)27/h6-12,15H,5H2,1-4H3,(H2,24,27)/t15-/m1/s1. The Morgan fingerprint density at radius 3 is 2.52 bits per heavy atom. The molecule has 1 aromatic heterocycles. The second-order valence-corrected chi connectivity index (χ2v) is 6.89. The van der Waals surface area contributed by atoms with Crippen molar-refractivity contribution in [3.63, 3.8) is 0 Å². The third kappa shape index (κ3) is 4.06. The molecule has 3 aromatic rings. The molecule has 1 atom stereocenters. The van der Waals surface area contributed by atoms with Crippen LogP contribution in [0, 0.1) is 13.8 Å². The van der Waals surface area contributed by atoms with Crippen LogP contribution >= 0.6 is 0 Å². The number of aryl methyl sites for hydroxylation is 2. The Hall–Kier alpha value is -3.41. The fraction of sp³-hybridized carbons (Fsp3) is 0.261. The molecule has 150 valence electrons. The van der Waals surface area contributed by atoms with Crippen molar-refractivity contribution in [2.24, 2.45) is 5.73 Å². The summed E-state index contributed by atoms with van der Waals surface area (Å²) in [6.45, 7) is 7.92. The maximum Gasteiger partial charge on any atom is 0.405 e. The lowest BCUT2D eigenvalue weighted by Crippen LogP contribution is -2.16. The topological polar surface area (TPSA) is 91.5 Å². The zero-order valence-electron chi connectivity index (χ0n) is 17.0. The van der Waals surface area contributed by atoms with Gasteiger partial charge in [-0.1, -0.05) is 30.3 Å². The van der Waals surface area contributed by atoms with Gasteiger partial charge in [-0.2, -0.15) is 0 Å². The van der Waals surface area contributed by atoms with Crippen LogP contribution in [0.3, 0.4) is 0 Å². The van der Waals surface area contributed by atoms with Crippen LogP contribution in [0.2, 0.25) is 0 Å². The van der Waals surface area contributed by atoms with E-state index >= 15 is 0 Å². The van der Waals surface area contributed by atoms with E-state index in [1.54, 1.807) is 25.3 Å². The maximum absolute atomic E-state index is 13.4. The van der Waals surface area contributed by atoms with E-state index in [0.29, 0.717) is 23.6 Å². The molecule has 0 aliphatic carbocycles. The minimum atomic E-state index is -0.833. The highest BCUT2D eigenvalue weighted by Gasteiger charge is 2.19. The highest BCUT2D eigenvalue weighted by Crippen LogP contribution is 2.31. The van der Waals surface area contributed by atoms with Crippen LogP contribution in [0.15, 0.2) is 42.6 Å². The number of primary amides is 1. The fourth-order valence-electron chi connectivity index (χ4n) is 3.47. The smallest absolute Gasteiger partial charge is 0.405 e. The van der Waals surface area contributed by atoms with Gasteiger partial charge in [0.1, 0.15) is 6.10 Å². The first-order valence-corrected chi connectivity index (χ1v) is 9.46. The van der Waals surface area contributed by atoms with Crippen LogP contribution in [0.5, 0.6) is 5.88 Å². The second-order valence-electron chi connectivity index (χ2n) is 6.89. The minimum absolute atomic E-state index is 0.0835. The van der Waals surface area contributed by atoms with Crippen LogP contribution in [-0.4, -0.2) is 23.5 Å². The lowest BCUT2D eigenvalue weighted by atomic mass is 9.92. The average molecular weight is 392 g/mol. The number of carbonyl (C=O) groups excluding carboxylic acids is 2. The summed E-state index contributed by atoms with van der Waals surface area (Å²) in [5, 5.41) is 1.65. The molecular formula is C23H24N2O4. The van der Waals surface area contributed by atoms with Crippen LogP contribution in [0.1, 0.15) is 52.6 Å². The molecule has 0 bridgehead atoms. The lowest BCUT2D eigenvalue weighted by Gasteiger charge is -2.15. The molecule has 0 radical (unpaired) electrons. The molecule has 2 aromatic carbocycles. The van der Waals surface area contributed by atoms with Crippen molar-refractivity contribution in [1.29, 1.82) is 0 Å². The number of hydrogen-bond acceptors (Lipinski definition) is 5. The molecule has 0 spiro atoms. The molecule has 1 heterocycles. The average Bonchev–Trinajstić information content (AvgIpc) is 2.68. The van der Waals surface area contributed by atoms with Crippen molar-refractivity contribution in [3.8, 4) is 5.88 Å². The molecule has 29 heavy (non-hydrogen) atoms. The molecule has 0 saturated heterocycles. The van der Waals surface area contributed by atoms with Crippen LogP contribution < -0.4 is 10.5 Å². The first kappa shape index (κ1) is 20.3. The van der Waals surface area contributed by atoms with Crippen molar-refractivity contribution in [1.82, 2.24) is 4.98 Å². The van der Waals surface area contributed by atoms with Gasteiger partial charge in [0.05, 0.1) is 6.61 Å². The van der Waals surface area contributed by atoms with Crippen LogP contribution in [-0.2, 0) is 4.74 Å². The SMILES string of the molecule is CCOc1ncc(C)c2c(C(=O)c3ccc([C@@H](C)OC(N)=O)cc3C)cccc12. The molecule has 0 aliphatic heterocycles. The molecule has 6 heteroatoms. The molecule has 3 rings (SSSR count).